The number of ether oxygens (including phenoxy) is 1. The van der Waals surface area contributed by atoms with Gasteiger partial charge in [-0.1, -0.05) is 24.3 Å². The molecule has 4 rings (SSSR count). The summed E-state index contributed by atoms with van der Waals surface area (Å²) in [5, 5.41) is 1.02. The average molecular weight is 363 g/mol. The van der Waals surface area contributed by atoms with E-state index in [-0.39, 0.29) is 12.0 Å². The summed E-state index contributed by atoms with van der Waals surface area (Å²) in [6.07, 6.45) is 3.94. The highest BCUT2D eigenvalue weighted by Gasteiger charge is 2.29. The Morgan fingerprint density at radius 3 is 2.85 bits per heavy atom. The quantitative estimate of drug-likeness (QED) is 0.709. The van der Waals surface area contributed by atoms with Crippen molar-refractivity contribution < 1.29 is 9.53 Å². The monoisotopic (exact) mass is 363 g/mol. The summed E-state index contributed by atoms with van der Waals surface area (Å²) in [5.74, 6) is 1.14. The maximum atomic E-state index is 12.8. The Morgan fingerprint density at radius 1 is 1.15 bits per heavy atom. The molecule has 1 aliphatic rings. The van der Waals surface area contributed by atoms with E-state index < -0.39 is 0 Å². The standard InChI is InChI=1S/C20H21N5O2/c1-24(2)18-11-21-12-19(23-18)27-15-9-10-25(13-15)20(26)17-8-7-14-5-3-4-6-16(14)22-17/h3-8,11-12,15H,9-10,13H2,1-2H3. The number of benzene rings is 1. The Morgan fingerprint density at radius 2 is 2.00 bits per heavy atom. The number of para-hydroxylation sites is 1. The van der Waals surface area contributed by atoms with Crippen LogP contribution in [0.1, 0.15) is 16.9 Å². The van der Waals surface area contributed by atoms with Crippen LogP contribution in [0.2, 0.25) is 0 Å². The highest BCUT2D eigenvalue weighted by Crippen LogP contribution is 2.20. The number of nitrogens with zero attached hydrogens (tertiary/aromatic N) is 5. The predicted octanol–water partition coefficient (Wildman–Crippen LogP) is 2.38. The van der Waals surface area contributed by atoms with Crippen LogP contribution in [0.4, 0.5) is 5.82 Å². The number of fused-ring (bicyclic) bond motifs is 1. The number of anilines is 1. The van der Waals surface area contributed by atoms with Gasteiger partial charge < -0.3 is 14.5 Å². The van der Waals surface area contributed by atoms with Gasteiger partial charge in [-0.3, -0.25) is 9.78 Å². The number of aromatic nitrogens is 3. The molecule has 27 heavy (non-hydrogen) atoms. The van der Waals surface area contributed by atoms with E-state index >= 15 is 0 Å². The van der Waals surface area contributed by atoms with Gasteiger partial charge in [0, 0.05) is 32.4 Å². The molecule has 3 aromatic rings. The molecule has 2 aromatic heterocycles. The van der Waals surface area contributed by atoms with E-state index in [1.807, 2.05) is 49.3 Å². The van der Waals surface area contributed by atoms with E-state index in [0.717, 1.165) is 23.1 Å². The van der Waals surface area contributed by atoms with Gasteiger partial charge in [-0.05, 0) is 12.1 Å². The summed E-state index contributed by atoms with van der Waals surface area (Å²) in [5.41, 5.74) is 1.29. The number of hydrogen-bond acceptors (Lipinski definition) is 6. The second-order valence-corrected chi connectivity index (χ2v) is 6.78. The van der Waals surface area contributed by atoms with Crippen molar-refractivity contribution in [1.82, 2.24) is 19.9 Å². The second-order valence-electron chi connectivity index (χ2n) is 6.78. The molecule has 1 atom stereocenters. The maximum Gasteiger partial charge on any atom is 0.272 e. The van der Waals surface area contributed by atoms with Crippen molar-refractivity contribution >= 4 is 22.6 Å². The molecule has 1 amide bonds. The minimum Gasteiger partial charge on any atom is -0.471 e. The van der Waals surface area contributed by atoms with Gasteiger partial charge in [-0.25, -0.2) is 4.98 Å². The fourth-order valence-electron chi connectivity index (χ4n) is 3.14. The molecule has 7 nitrogen and oxygen atoms in total. The van der Waals surface area contributed by atoms with Crippen molar-refractivity contribution in [3.8, 4) is 5.88 Å². The molecule has 1 unspecified atom stereocenters. The number of carbonyl (C=O) groups excluding carboxylic acids is 1. The summed E-state index contributed by atoms with van der Waals surface area (Å²) in [6.45, 7) is 1.15. The fraction of sp³-hybridized carbons (Fsp3) is 0.300. The summed E-state index contributed by atoms with van der Waals surface area (Å²) >= 11 is 0. The molecular weight excluding hydrogens is 342 g/mol. The minimum absolute atomic E-state index is 0.0695. The van der Waals surface area contributed by atoms with E-state index in [9.17, 15) is 4.79 Å². The summed E-state index contributed by atoms with van der Waals surface area (Å²) in [4.78, 5) is 29.5. The van der Waals surface area contributed by atoms with Crippen molar-refractivity contribution in [2.24, 2.45) is 0 Å². The van der Waals surface area contributed by atoms with Crippen molar-refractivity contribution in [3.63, 3.8) is 0 Å². The number of rotatable bonds is 4. The molecule has 1 saturated heterocycles. The first-order chi connectivity index (χ1) is 13.1. The van der Waals surface area contributed by atoms with E-state index in [0.29, 0.717) is 24.7 Å². The Labute approximate surface area is 157 Å². The molecule has 1 fully saturated rings. The molecule has 1 aliphatic heterocycles. The van der Waals surface area contributed by atoms with Crippen LogP contribution < -0.4 is 9.64 Å². The number of hydrogen-bond donors (Lipinski definition) is 0. The minimum atomic E-state index is -0.0962. The highest BCUT2D eigenvalue weighted by atomic mass is 16.5. The van der Waals surface area contributed by atoms with Crippen LogP contribution in [0.25, 0.3) is 10.9 Å². The molecule has 7 heteroatoms. The lowest BCUT2D eigenvalue weighted by atomic mass is 10.2. The van der Waals surface area contributed by atoms with E-state index in [1.165, 1.54) is 0 Å². The first kappa shape index (κ1) is 17.2. The third-order valence-corrected chi connectivity index (χ3v) is 4.60. The first-order valence-corrected chi connectivity index (χ1v) is 8.91. The Hall–Kier alpha value is -3.22. The van der Waals surface area contributed by atoms with Crippen molar-refractivity contribution in [2.75, 3.05) is 32.1 Å². The summed E-state index contributed by atoms with van der Waals surface area (Å²) in [7, 11) is 3.81. The van der Waals surface area contributed by atoms with E-state index in [2.05, 4.69) is 15.0 Å². The zero-order chi connectivity index (χ0) is 18.8. The normalized spacial score (nSPS) is 16.5. The lowest BCUT2D eigenvalue weighted by molar-refractivity contribution is 0.0766. The SMILES string of the molecule is CN(C)c1cncc(OC2CCN(C(=O)c3ccc4ccccc4n3)C2)n1. The molecule has 0 N–H and O–H groups in total. The van der Waals surface area contributed by atoms with Crippen LogP contribution in [0.15, 0.2) is 48.8 Å². The molecule has 0 radical (unpaired) electrons. The Bertz CT molecular complexity index is 975. The maximum absolute atomic E-state index is 12.8. The Balaban J connectivity index is 1.44. The van der Waals surface area contributed by atoms with Crippen LogP contribution in [0.5, 0.6) is 5.88 Å². The highest BCUT2D eigenvalue weighted by molar-refractivity contribution is 5.95. The second kappa shape index (κ2) is 7.19. The van der Waals surface area contributed by atoms with E-state index in [1.54, 1.807) is 23.4 Å². The largest absolute Gasteiger partial charge is 0.471 e. The molecule has 3 heterocycles. The third kappa shape index (κ3) is 3.67. The van der Waals surface area contributed by atoms with Gasteiger partial charge in [-0.15, -0.1) is 0 Å². The fourth-order valence-corrected chi connectivity index (χ4v) is 3.14. The molecule has 0 bridgehead atoms. The molecule has 138 valence electrons. The van der Waals surface area contributed by atoms with Gasteiger partial charge in [0.25, 0.3) is 5.91 Å². The number of carbonyl (C=O) groups is 1. The predicted molar refractivity (Wildman–Crippen MR) is 103 cm³/mol. The topological polar surface area (TPSA) is 71.5 Å². The van der Waals surface area contributed by atoms with Gasteiger partial charge in [0.2, 0.25) is 5.88 Å². The van der Waals surface area contributed by atoms with Gasteiger partial charge in [0.1, 0.15) is 11.8 Å². The zero-order valence-electron chi connectivity index (χ0n) is 15.4. The van der Waals surface area contributed by atoms with Crippen LogP contribution in [-0.2, 0) is 0 Å². The smallest absolute Gasteiger partial charge is 0.272 e. The number of amides is 1. The number of pyridine rings is 1. The summed E-state index contributed by atoms with van der Waals surface area (Å²) < 4.78 is 5.94. The van der Waals surface area contributed by atoms with Crippen molar-refractivity contribution in [3.05, 3.63) is 54.5 Å². The molecule has 0 aliphatic carbocycles. The van der Waals surface area contributed by atoms with Gasteiger partial charge >= 0.3 is 0 Å². The van der Waals surface area contributed by atoms with Crippen molar-refractivity contribution in [1.29, 1.82) is 0 Å². The van der Waals surface area contributed by atoms with Gasteiger partial charge in [0.15, 0.2) is 5.82 Å². The molecular formula is C20H21N5O2. The van der Waals surface area contributed by atoms with Crippen LogP contribution in [0.3, 0.4) is 0 Å². The summed E-state index contributed by atoms with van der Waals surface area (Å²) in [6, 6.07) is 11.5. The van der Waals surface area contributed by atoms with Crippen LogP contribution in [-0.4, -0.2) is 59.0 Å². The van der Waals surface area contributed by atoms with Gasteiger partial charge in [-0.2, -0.15) is 4.98 Å². The average Bonchev–Trinajstić information content (AvgIpc) is 3.15. The lowest BCUT2D eigenvalue weighted by Gasteiger charge is -2.17. The molecule has 0 saturated carbocycles. The first-order valence-electron chi connectivity index (χ1n) is 8.91. The van der Waals surface area contributed by atoms with Gasteiger partial charge in [0.05, 0.1) is 24.5 Å². The third-order valence-electron chi connectivity index (χ3n) is 4.60. The van der Waals surface area contributed by atoms with Crippen LogP contribution >= 0.6 is 0 Å². The van der Waals surface area contributed by atoms with Crippen LogP contribution in [0, 0.1) is 0 Å². The zero-order valence-corrected chi connectivity index (χ0v) is 15.4. The molecule has 0 spiro atoms. The van der Waals surface area contributed by atoms with Crippen molar-refractivity contribution in [2.45, 2.75) is 12.5 Å². The molecule has 1 aromatic carbocycles. The Kier molecular flexibility index (Phi) is 4.58. The number of likely N-dealkylation sites (tertiary alicyclic amines) is 1. The van der Waals surface area contributed by atoms with E-state index in [4.69, 9.17) is 4.74 Å². The lowest BCUT2D eigenvalue weighted by Crippen LogP contribution is -2.31.